The monoisotopic (exact) mass is 259 g/mol. The van der Waals surface area contributed by atoms with Gasteiger partial charge in [0.05, 0.1) is 0 Å². The third kappa shape index (κ3) is 4.38. The van der Waals surface area contributed by atoms with Crippen molar-refractivity contribution in [3.63, 3.8) is 0 Å². The summed E-state index contributed by atoms with van der Waals surface area (Å²) in [7, 11) is 0. The summed E-state index contributed by atoms with van der Waals surface area (Å²) in [5, 5.41) is 3.09. The molecule has 104 valence electrons. The van der Waals surface area contributed by atoms with E-state index in [9.17, 15) is 4.79 Å². The molecule has 1 aromatic carbocycles. The van der Waals surface area contributed by atoms with Gasteiger partial charge in [-0.1, -0.05) is 50.8 Å². The zero-order chi connectivity index (χ0) is 13.5. The first-order valence-corrected chi connectivity index (χ1v) is 7.67. The van der Waals surface area contributed by atoms with Crippen molar-refractivity contribution in [2.75, 3.05) is 5.32 Å². The van der Waals surface area contributed by atoms with Gasteiger partial charge in [0.15, 0.2) is 0 Å². The normalized spacial score (nSPS) is 16.9. The number of benzene rings is 1. The number of para-hydroxylation sites is 1. The predicted octanol–water partition coefficient (Wildman–Crippen LogP) is 4.55. The van der Waals surface area contributed by atoms with Gasteiger partial charge in [-0.2, -0.15) is 0 Å². The summed E-state index contributed by atoms with van der Waals surface area (Å²) < 4.78 is 0. The molecule has 1 saturated carbocycles. The smallest absolute Gasteiger partial charge is 0.224 e. The minimum atomic E-state index is 0.188. The number of anilines is 1. The first-order valence-electron chi connectivity index (χ1n) is 7.67. The van der Waals surface area contributed by atoms with Crippen LogP contribution in [-0.2, 0) is 11.2 Å². The molecule has 2 rings (SSSR count). The number of carbonyl (C=O) groups excluding carboxylic acids is 1. The Morgan fingerprint density at radius 2 is 1.84 bits per heavy atom. The number of hydrogen-bond donors (Lipinski definition) is 1. The van der Waals surface area contributed by atoms with E-state index in [1.54, 1.807) is 0 Å². The summed E-state index contributed by atoms with van der Waals surface area (Å²) in [4.78, 5) is 12.1. The lowest BCUT2D eigenvalue weighted by molar-refractivity contribution is -0.117. The fraction of sp³-hybridized carbons (Fsp3) is 0.588. The van der Waals surface area contributed by atoms with Crippen molar-refractivity contribution in [3.8, 4) is 0 Å². The molecule has 0 bridgehead atoms. The van der Waals surface area contributed by atoms with E-state index >= 15 is 0 Å². The van der Waals surface area contributed by atoms with Gasteiger partial charge in [0.2, 0.25) is 5.91 Å². The molecule has 2 nitrogen and oxygen atoms in total. The summed E-state index contributed by atoms with van der Waals surface area (Å²) in [6.07, 6.45) is 9.38. The molecule has 0 atom stereocenters. The van der Waals surface area contributed by atoms with E-state index in [0.29, 0.717) is 12.3 Å². The van der Waals surface area contributed by atoms with Crippen LogP contribution in [0.15, 0.2) is 24.3 Å². The first-order chi connectivity index (χ1) is 9.29. The Morgan fingerprint density at radius 3 is 2.53 bits per heavy atom. The Bertz CT molecular complexity index is 405. The largest absolute Gasteiger partial charge is 0.326 e. The van der Waals surface area contributed by atoms with Crippen molar-refractivity contribution >= 4 is 11.6 Å². The van der Waals surface area contributed by atoms with Crippen LogP contribution in [0, 0.1) is 5.92 Å². The van der Waals surface area contributed by atoms with Crippen LogP contribution in [0.2, 0.25) is 0 Å². The van der Waals surface area contributed by atoms with E-state index in [-0.39, 0.29) is 5.91 Å². The Hall–Kier alpha value is -1.31. The zero-order valence-corrected chi connectivity index (χ0v) is 12.0. The molecular weight excluding hydrogens is 234 g/mol. The molecule has 0 saturated heterocycles. The highest BCUT2D eigenvalue weighted by Gasteiger charge is 2.16. The van der Waals surface area contributed by atoms with E-state index in [1.807, 2.05) is 18.2 Å². The maximum absolute atomic E-state index is 12.1. The van der Waals surface area contributed by atoms with E-state index in [2.05, 4.69) is 18.3 Å². The maximum atomic E-state index is 12.1. The predicted molar refractivity (Wildman–Crippen MR) is 80.3 cm³/mol. The van der Waals surface area contributed by atoms with Crippen molar-refractivity contribution in [1.29, 1.82) is 0 Å². The van der Waals surface area contributed by atoms with Crippen LogP contribution >= 0.6 is 0 Å². The fourth-order valence-corrected chi connectivity index (χ4v) is 2.98. The van der Waals surface area contributed by atoms with E-state index < -0.39 is 0 Å². The molecule has 1 amide bonds. The molecule has 1 N–H and O–H groups in total. The second-order valence-electron chi connectivity index (χ2n) is 5.62. The van der Waals surface area contributed by atoms with Crippen LogP contribution in [-0.4, -0.2) is 5.91 Å². The Morgan fingerprint density at radius 1 is 1.16 bits per heavy atom. The van der Waals surface area contributed by atoms with Crippen molar-refractivity contribution in [3.05, 3.63) is 29.8 Å². The third-order valence-electron chi connectivity index (χ3n) is 4.12. The summed E-state index contributed by atoms with van der Waals surface area (Å²) in [5.41, 5.74) is 2.21. The van der Waals surface area contributed by atoms with Crippen molar-refractivity contribution < 1.29 is 4.79 Å². The number of carbonyl (C=O) groups is 1. The van der Waals surface area contributed by atoms with Crippen LogP contribution in [0.3, 0.4) is 0 Å². The molecule has 0 unspecified atom stereocenters. The highest BCUT2D eigenvalue weighted by atomic mass is 16.1. The van der Waals surface area contributed by atoms with E-state index in [1.165, 1.54) is 44.1 Å². The first kappa shape index (κ1) is 14.1. The molecule has 1 aliphatic carbocycles. The minimum absolute atomic E-state index is 0.188. The molecule has 0 heterocycles. The van der Waals surface area contributed by atoms with Crippen LogP contribution in [0.1, 0.15) is 57.4 Å². The molecule has 2 heteroatoms. The molecular formula is C17H25NO. The lowest BCUT2D eigenvalue weighted by Crippen LogP contribution is -2.17. The molecule has 0 aromatic heterocycles. The summed E-state index contributed by atoms with van der Waals surface area (Å²) in [5.74, 6) is 0.782. The number of amides is 1. The third-order valence-corrected chi connectivity index (χ3v) is 4.12. The van der Waals surface area contributed by atoms with Gasteiger partial charge in [-0.3, -0.25) is 4.79 Å². The second-order valence-corrected chi connectivity index (χ2v) is 5.62. The van der Waals surface area contributed by atoms with Crippen molar-refractivity contribution in [2.24, 2.45) is 5.92 Å². The minimum Gasteiger partial charge on any atom is -0.326 e. The van der Waals surface area contributed by atoms with Gasteiger partial charge in [0, 0.05) is 12.1 Å². The lowest BCUT2D eigenvalue weighted by Gasteiger charge is -2.15. The molecule has 0 radical (unpaired) electrons. The van der Waals surface area contributed by atoms with Gasteiger partial charge in [0.1, 0.15) is 0 Å². The lowest BCUT2D eigenvalue weighted by atomic mass is 9.96. The SMILES string of the molecule is CCc1ccccc1NC(=O)CC1CCCCCC1. The van der Waals surface area contributed by atoms with Crippen molar-refractivity contribution in [2.45, 2.75) is 58.3 Å². The number of nitrogens with one attached hydrogen (secondary N) is 1. The fourth-order valence-electron chi connectivity index (χ4n) is 2.98. The molecule has 0 spiro atoms. The highest BCUT2D eigenvalue weighted by Crippen LogP contribution is 2.26. The van der Waals surface area contributed by atoms with Gasteiger partial charge in [0.25, 0.3) is 0 Å². The number of rotatable bonds is 4. The average molecular weight is 259 g/mol. The Balaban J connectivity index is 1.89. The van der Waals surface area contributed by atoms with Crippen LogP contribution in [0.4, 0.5) is 5.69 Å². The standard InChI is InChI=1S/C17H25NO/c1-2-15-11-7-8-12-16(15)18-17(19)13-14-9-5-3-4-6-10-14/h7-8,11-12,14H,2-6,9-10,13H2,1H3,(H,18,19). The Labute approximate surface area is 116 Å². The van der Waals surface area contributed by atoms with Gasteiger partial charge >= 0.3 is 0 Å². The quantitative estimate of drug-likeness (QED) is 0.790. The number of aryl methyl sites for hydroxylation is 1. The Kier molecular flexibility index (Phi) is 5.44. The molecule has 19 heavy (non-hydrogen) atoms. The van der Waals surface area contributed by atoms with Gasteiger partial charge in [-0.15, -0.1) is 0 Å². The summed E-state index contributed by atoms with van der Waals surface area (Å²) in [6.45, 7) is 2.12. The van der Waals surface area contributed by atoms with Gasteiger partial charge < -0.3 is 5.32 Å². The highest BCUT2D eigenvalue weighted by molar-refractivity contribution is 5.91. The van der Waals surface area contributed by atoms with Crippen molar-refractivity contribution in [1.82, 2.24) is 0 Å². The molecule has 0 aliphatic heterocycles. The summed E-state index contributed by atoms with van der Waals surface area (Å²) in [6, 6.07) is 8.10. The zero-order valence-electron chi connectivity index (χ0n) is 12.0. The second kappa shape index (κ2) is 7.32. The van der Waals surface area contributed by atoms with E-state index in [4.69, 9.17) is 0 Å². The molecule has 1 aromatic rings. The molecule has 1 fully saturated rings. The number of hydrogen-bond acceptors (Lipinski definition) is 1. The van der Waals surface area contributed by atoms with Gasteiger partial charge in [-0.05, 0) is 36.8 Å². The van der Waals surface area contributed by atoms with E-state index in [0.717, 1.165) is 12.1 Å². The van der Waals surface area contributed by atoms with Crippen LogP contribution in [0.5, 0.6) is 0 Å². The summed E-state index contributed by atoms with van der Waals surface area (Å²) >= 11 is 0. The molecule has 1 aliphatic rings. The maximum Gasteiger partial charge on any atom is 0.224 e. The topological polar surface area (TPSA) is 29.1 Å². The average Bonchev–Trinajstić information content (AvgIpc) is 2.68. The van der Waals surface area contributed by atoms with Crippen LogP contribution in [0.25, 0.3) is 0 Å². The van der Waals surface area contributed by atoms with Crippen LogP contribution < -0.4 is 5.32 Å². The van der Waals surface area contributed by atoms with Gasteiger partial charge in [-0.25, -0.2) is 0 Å².